The fraction of sp³-hybridized carbons (Fsp3) is 0.333. The average Bonchev–Trinajstić information content (AvgIpc) is 2.89. The van der Waals surface area contributed by atoms with Crippen molar-refractivity contribution < 1.29 is 4.79 Å². The number of amides is 1. The van der Waals surface area contributed by atoms with Crippen LogP contribution in [-0.2, 0) is 11.2 Å². The zero-order valence-corrected chi connectivity index (χ0v) is 11.4. The van der Waals surface area contributed by atoms with Crippen molar-refractivity contribution >= 4 is 5.91 Å². The standard InChI is InChI=1S/C15H19N3O/c1-3-18(4-2)14(19)10-13-11-16-15(17-13)12-8-6-5-7-9-12/h5-9,11H,3-4,10H2,1-2H3,(H,16,17). The maximum atomic E-state index is 12.0. The fourth-order valence-electron chi connectivity index (χ4n) is 2.04. The zero-order chi connectivity index (χ0) is 13.7. The summed E-state index contributed by atoms with van der Waals surface area (Å²) in [5.74, 6) is 0.941. The Balaban J connectivity index is 2.08. The number of carbonyl (C=O) groups excluding carboxylic acids is 1. The highest BCUT2D eigenvalue weighted by molar-refractivity contribution is 5.78. The molecule has 0 saturated carbocycles. The number of rotatable bonds is 5. The highest BCUT2D eigenvalue weighted by Crippen LogP contribution is 2.15. The quantitative estimate of drug-likeness (QED) is 0.894. The number of benzene rings is 1. The van der Waals surface area contributed by atoms with E-state index in [1.807, 2.05) is 49.1 Å². The maximum absolute atomic E-state index is 12.0. The summed E-state index contributed by atoms with van der Waals surface area (Å²) >= 11 is 0. The number of carbonyl (C=O) groups is 1. The minimum absolute atomic E-state index is 0.133. The third-order valence-corrected chi connectivity index (χ3v) is 3.13. The largest absolute Gasteiger partial charge is 0.343 e. The zero-order valence-electron chi connectivity index (χ0n) is 11.4. The molecule has 0 aliphatic carbocycles. The summed E-state index contributed by atoms with van der Waals surface area (Å²) in [7, 11) is 0. The lowest BCUT2D eigenvalue weighted by molar-refractivity contribution is -0.130. The van der Waals surface area contributed by atoms with Gasteiger partial charge in [0.2, 0.25) is 5.91 Å². The molecule has 19 heavy (non-hydrogen) atoms. The van der Waals surface area contributed by atoms with E-state index < -0.39 is 0 Å². The second kappa shape index (κ2) is 6.18. The van der Waals surface area contributed by atoms with E-state index >= 15 is 0 Å². The van der Waals surface area contributed by atoms with Crippen LogP contribution in [0.4, 0.5) is 0 Å². The van der Waals surface area contributed by atoms with E-state index in [0.717, 1.165) is 30.2 Å². The molecule has 0 aliphatic heterocycles. The number of likely N-dealkylation sites (N-methyl/N-ethyl adjacent to an activating group) is 1. The topological polar surface area (TPSA) is 49.0 Å². The van der Waals surface area contributed by atoms with Crippen molar-refractivity contribution in [1.82, 2.24) is 14.9 Å². The van der Waals surface area contributed by atoms with Crippen molar-refractivity contribution in [1.29, 1.82) is 0 Å². The monoisotopic (exact) mass is 257 g/mol. The summed E-state index contributed by atoms with van der Waals surface area (Å²) in [6.07, 6.45) is 2.12. The van der Waals surface area contributed by atoms with Crippen LogP contribution < -0.4 is 0 Å². The summed E-state index contributed by atoms with van der Waals surface area (Å²) in [6.45, 7) is 5.47. The normalized spacial score (nSPS) is 10.4. The molecule has 0 bridgehead atoms. The van der Waals surface area contributed by atoms with Crippen LogP contribution in [0.15, 0.2) is 36.5 Å². The van der Waals surface area contributed by atoms with Crippen LogP contribution in [0.5, 0.6) is 0 Å². The molecule has 2 rings (SSSR count). The molecule has 0 unspecified atom stereocenters. The van der Waals surface area contributed by atoms with E-state index in [1.54, 1.807) is 6.20 Å². The van der Waals surface area contributed by atoms with Crippen molar-refractivity contribution in [3.8, 4) is 11.4 Å². The minimum Gasteiger partial charge on any atom is -0.343 e. The summed E-state index contributed by atoms with van der Waals surface area (Å²) in [5.41, 5.74) is 1.89. The number of hydrogen-bond acceptors (Lipinski definition) is 2. The van der Waals surface area contributed by atoms with Crippen LogP contribution in [0, 0.1) is 0 Å². The van der Waals surface area contributed by atoms with Crippen molar-refractivity contribution in [2.45, 2.75) is 20.3 Å². The fourth-order valence-corrected chi connectivity index (χ4v) is 2.04. The van der Waals surface area contributed by atoms with Gasteiger partial charge in [-0.3, -0.25) is 4.79 Å². The van der Waals surface area contributed by atoms with Crippen molar-refractivity contribution in [2.24, 2.45) is 0 Å². The van der Waals surface area contributed by atoms with Gasteiger partial charge in [-0.05, 0) is 13.8 Å². The van der Waals surface area contributed by atoms with Crippen LogP contribution in [0.2, 0.25) is 0 Å². The molecule has 0 fully saturated rings. The Bertz CT molecular complexity index is 529. The Morgan fingerprint density at radius 1 is 1.21 bits per heavy atom. The molecule has 4 heteroatoms. The molecule has 0 saturated heterocycles. The number of H-pyrrole nitrogens is 1. The van der Waals surface area contributed by atoms with E-state index in [0.29, 0.717) is 6.42 Å². The van der Waals surface area contributed by atoms with E-state index in [-0.39, 0.29) is 5.91 Å². The molecule has 1 amide bonds. The number of hydrogen-bond donors (Lipinski definition) is 1. The summed E-state index contributed by atoms with van der Waals surface area (Å²) in [6, 6.07) is 9.90. The van der Waals surface area contributed by atoms with Crippen LogP contribution in [-0.4, -0.2) is 33.9 Å². The first-order valence-electron chi connectivity index (χ1n) is 6.61. The number of aromatic nitrogens is 2. The van der Waals surface area contributed by atoms with E-state index in [9.17, 15) is 4.79 Å². The Morgan fingerprint density at radius 2 is 1.89 bits per heavy atom. The highest BCUT2D eigenvalue weighted by Gasteiger charge is 2.12. The van der Waals surface area contributed by atoms with Gasteiger partial charge >= 0.3 is 0 Å². The van der Waals surface area contributed by atoms with Gasteiger partial charge in [-0.1, -0.05) is 30.3 Å². The molecule has 2 aromatic rings. The van der Waals surface area contributed by atoms with Gasteiger partial charge in [-0.25, -0.2) is 4.98 Å². The number of nitrogens with one attached hydrogen (secondary N) is 1. The van der Waals surface area contributed by atoms with Gasteiger partial charge in [0.15, 0.2) is 0 Å². The van der Waals surface area contributed by atoms with Crippen LogP contribution in [0.25, 0.3) is 11.4 Å². The second-order valence-corrected chi connectivity index (χ2v) is 4.37. The first kappa shape index (κ1) is 13.3. The van der Waals surface area contributed by atoms with Crippen LogP contribution >= 0.6 is 0 Å². The first-order valence-corrected chi connectivity index (χ1v) is 6.61. The molecule has 100 valence electrons. The lowest BCUT2D eigenvalue weighted by Gasteiger charge is -2.17. The molecule has 0 radical (unpaired) electrons. The second-order valence-electron chi connectivity index (χ2n) is 4.37. The number of aromatic amines is 1. The van der Waals surface area contributed by atoms with Gasteiger partial charge in [-0.15, -0.1) is 0 Å². The van der Waals surface area contributed by atoms with Gasteiger partial charge in [0, 0.05) is 30.5 Å². The van der Waals surface area contributed by atoms with Crippen molar-refractivity contribution in [3.05, 3.63) is 42.2 Å². The summed E-state index contributed by atoms with van der Waals surface area (Å²) in [4.78, 5) is 21.4. The third kappa shape index (κ3) is 3.22. The highest BCUT2D eigenvalue weighted by atomic mass is 16.2. The molecule has 0 spiro atoms. The van der Waals surface area contributed by atoms with Crippen LogP contribution in [0.1, 0.15) is 19.5 Å². The van der Waals surface area contributed by atoms with Gasteiger partial charge < -0.3 is 9.88 Å². The molecule has 4 nitrogen and oxygen atoms in total. The van der Waals surface area contributed by atoms with Crippen molar-refractivity contribution in [3.63, 3.8) is 0 Å². The summed E-state index contributed by atoms with van der Waals surface area (Å²) in [5, 5.41) is 0. The molecule has 0 atom stereocenters. The predicted molar refractivity (Wildman–Crippen MR) is 75.7 cm³/mol. The smallest absolute Gasteiger partial charge is 0.228 e. The lowest BCUT2D eigenvalue weighted by Crippen LogP contribution is -2.31. The lowest BCUT2D eigenvalue weighted by atomic mass is 10.2. The maximum Gasteiger partial charge on any atom is 0.228 e. The first-order chi connectivity index (χ1) is 9.24. The molecule has 0 aliphatic rings. The van der Waals surface area contributed by atoms with Crippen molar-refractivity contribution in [2.75, 3.05) is 13.1 Å². The predicted octanol–water partition coefficient (Wildman–Crippen LogP) is 2.49. The molecular formula is C15H19N3O. The number of nitrogens with zero attached hydrogens (tertiary/aromatic N) is 2. The third-order valence-electron chi connectivity index (χ3n) is 3.13. The molecule has 1 aromatic heterocycles. The molecule has 1 heterocycles. The Hall–Kier alpha value is -2.10. The summed E-state index contributed by atoms with van der Waals surface area (Å²) < 4.78 is 0. The van der Waals surface area contributed by atoms with E-state index in [1.165, 1.54) is 0 Å². The van der Waals surface area contributed by atoms with Gasteiger partial charge in [0.1, 0.15) is 5.82 Å². The Labute approximate surface area is 113 Å². The minimum atomic E-state index is 0.133. The van der Waals surface area contributed by atoms with Crippen LogP contribution in [0.3, 0.4) is 0 Å². The van der Waals surface area contributed by atoms with E-state index in [4.69, 9.17) is 0 Å². The van der Waals surface area contributed by atoms with Gasteiger partial charge in [0.25, 0.3) is 0 Å². The molecule has 1 N–H and O–H groups in total. The Kier molecular flexibility index (Phi) is 4.34. The number of imidazole rings is 1. The average molecular weight is 257 g/mol. The van der Waals surface area contributed by atoms with E-state index in [2.05, 4.69) is 9.97 Å². The van der Waals surface area contributed by atoms with Gasteiger partial charge in [-0.2, -0.15) is 0 Å². The SMILES string of the molecule is CCN(CC)C(=O)Cc1cnc(-c2ccccc2)[nH]1. The van der Waals surface area contributed by atoms with Gasteiger partial charge in [0.05, 0.1) is 6.42 Å². The molecular weight excluding hydrogens is 238 g/mol. The Morgan fingerprint density at radius 3 is 2.53 bits per heavy atom. The molecule has 1 aromatic carbocycles.